The van der Waals surface area contributed by atoms with Gasteiger partial charge in [0.25, 0.3) is 0 Å². The van der Waals surface area contributed by atoms with E-state index in [0.29, 0.717) is 13.0 Å². The highest BCUT2D eigenvalue weighted by molar-refractivity contribution is 6.31. The predicted octanol–water partition coefficient (Wildman–Crippen LogP) is 7.61. The SMILES string of the molecule is CC(C)(C)OC(=O)N1C[C@@H](C(C)(C)O[Si]C(C)(C)C)C[C@H]1COc1c(F)c(F)cc2c(=O)c(C(=O)OCc3ccccc3)cn(C3CC3)c12. The Labute approximate surface area is 288 Å². The number of hydrogen-bond donors (Lipinski definition) is 0. The van der Waals surface area contributed by atoms with E-state index in [9.17, 15) is 14.4 Å². The maximum absolute atomic E-state index is 15.7. The van der Waals surface area contributed by atoms with Gasteiger partial charge >= 0.3 is 12.1 Å². The minimum atomic E-state index is -1.29. The van der Waals surface area contributed by atoms with Crippen molar-refractivity contribution in [2.75, 3.05) is 13.2 Å². The van der Waals surface area contributed by atoms with Gasteiger partial charge in [-0.1, -0.05) is 51.1 Å². The zero-order chi connectivity index (χ0) is 35.9. The van der Waals surface area contributed by atoms with Crippen LogP contribution in [0.4, 0.5) is 13.6 Å². The first-order valence-electron chi connectivity index (χ1n) is 16.7. The summed E-state index contributed by atoms with van der Waals surface area (Å²) in [5.74, 6) is -3.96. The highest BCUT2D eigenvalue weighted by Crippen LogP contribution is 2.42. The third kappa shape index (κ3) is 8.70. The number of amides is 1. The summed E-state index contributed by atoms with van der Waals surface area (Å²) in [6.07, 6.45) is 2.71. The number of pyridine rings is 1. The number of halogens is 2. The topological polar surface area (TPSA) is 96.3 Å². The Morgan fingerprint density at radius 1 is 1.00 bits per heavy atom. The molecule has 1 aliphatic heterocycles. The van der Waals surface area contributed by atoms with Crippen LogP contribution in [0.1, 0.15) is 96.6 Å². The second-order valence-corrected chi connectivity index (χ2v) is 17.5. The minimum absolute atomic E-state index is 0.0466. The molecule has 2 aliphatic rings. The fraction of sp³-hybridized carbons (Fsp3) is 0.541. The van der Waals surface area contributed by atoms with Gasteiger partial charge in [-0.3, -0.25) is 4.79 Å². The van der Waals surface area contributed by atoms with Gasteiger partial charge in [0.05, 0.1) is 22.5 Å². The van der Waals surface area contributed by atoms with Crippen LogP contribution < -0.4 is 10.2 Å². The average Bonchev–Trinajstić information content (AvgIpc) is 3.76. The van der Waals surface area contributed by atoms with E-state index in [4.69, 9.17) is 18.6 Å². The number of rotatable bonds is 10. The average molecular weight is 697 g/mol. The van der Waals surface area contributed by atoms with E-state index >= 15 is 8.78 Å². The van der Waals surface area contributed by atoms with Gasteiger partial charge in [-0.15, -0.1) is 0 Å². The molecular formula is C37H46F2N2O7Si. The second kappa shape index (κ2) is 13.9. The fourth-order valence-corrected chi connectivity index (χ4v) is 6.55. The lowest BCUT2D eigenvalue weighted by molar-refractivity contribution is 0.0145. The lowest BCUT2D eigenvalue weighted by Gasteiger charge is -2.34. The number of aromatic nitrogens is 1. The van der Waals surface area contributed by atoms with E-state index in [2.05, 4.69) is 20.8 Å². The molecule has 2 fully saturated rings. The van der Waals surface area contributed by atoms with Crippen LogP contribution in [0.15, 0.2) is 47.4 Å². The van der Waals surface area contributed by atoms with Crippen molar-refractivity contribution in [2.24, 2.45) is 5.92 Å². The van der Waals surface area contributed by atoms with E-state index in [1.165, 1.54) is 6.20 Å². The van der Waals surface area contributed by atoms with Crippen molar-refractivity contribution in [3.63, 3.8) is 0 Å². The van der Waals surface area contributed by atoms with E-state index in [1.807, 2.05) is 19.9 Å². The van der Waals surface area contributed by atoms with Crippen LogP contribution in [0, 0.1) is 17.6 Å². The van der Waals surface area contributed by atoms with Crippen molar-refractivity contribution in [2.45, 2.75) is 110 Å². The van der Waals surface area contributed by atoms with Gasteiger partial charge in [0.15, 0.2) is 11.6 Å². The molecule has 1 saturated carbocycles. The van der Waals surface area contributed by atoms with Crippen molar-refractivity contribution in [3.8, 4) is 5.75 Å². The number of ether oxygens (including phenoxy) is 3. The molecule has 264 valence electrons. The lowest BCUT2D eigenvalue weighted by atomic mass is 9.89. The Bertz CT molecular complexity index is 1760. The monoisotopic (exact) mass is 696 g/mol. The number of esters is 1. The highest BCUT2D eigenvalue weighted by atomic mass is 28.2. The zero-order valence-electron chi connectivity index (χ0n) is 29.5. The Kier molecular flexibility index (Phi) is 10.3. The molecule has 12 heteroatoms. The maximum atomic E-state index is 15.7. The van der Waals surface area contributed by atoms with Crippen LogP contribution in [0.5, 0.6) is 5.75 Å². The van der Waals surface area contributed by atoms with Crippen molar-refractivity contribution in [1.29, 1.82) is 0 Å². The summed E-state index contributed by atoms with van der Waals surface area (Å²) in [7, 11) is 0.221. The molecule has 49 heavy (non-hydrogen) atoms. The number of hydrogen-bond acceptors (Lipinski definition) is 7. The molecule has 0 bridgehead atoms. The molecule has 1 aromatic heterocycles. The lowest BCUT2D eigenvalue weighted by Crippen LogP contribution is -2.43. The summed E-state index contributed by atoms with van der Waals surface area (Å²) >= 11 is 0. The molecule has 2 radical (unpaired) electrons. The molecule has 5 rings (SSSR count). The number of carbonyl (C=O) groups is 2. The van der Waals surface area contributed by atoms with Gasteiger partial charge in [0.2, 0.25) is 21.0 Å². The number of fused-ring (bicyclic) bond motifs is 1. The number of likely N-dealkylation sites (tertiary alicyclic amines) is 1. The number of benzene rings is 2. The smallest absolute Gasteiger partial charge is 0.410 e. The Hall–Kier alpha value is -3.77. The third-order valence-electron chi connectivity index (χ3n) is 8.60. The van der Waals surface area contributed by atoms with Gasteiger partial charge in [-0.25, -0.2) is 14.0 Å². The van der Waals surface area contributed by atoms with Crippen molar-refractivity contribution < 1.29 is 37.0 Å². The largest absolute Gasteiger partial charge is 0.486 e. The Morgan fingerprint density at radius 2 is 1.67 bits per heavy atom. The number of nitrogens with zero attached hydrogens (tertiary/aromatic N) is 2. The van der Waals surface area contributed by atoms with E-state index in [0.717, 1.165) is 24.5 Å². The summed E-state index contributed by atoms with van der Waals surface area (Å²) in [6.45, 7) is 15.7. The molecular weight excluding hydrogens is 650 g/mol. The maximum Gasteiger partial charge on any atom is 0.410 e. The van der Waals surface area contributed by atoms with Gasteiger partial charge in [-0.05, 0) is 70.5 Å². The standard InChI is InChI=1S/C37H46F2N2O7Si/c1-35(2,3)47-34(44)41-18-23(37(7,8)48-49-36(4,5)6)16-25(41)21-45-32-29(39)28(38)17-26-30(32)40(24-14-15-24)19-27(31(26)42)33(43)46-20-22-12-10-9-11-13-22/h9-13,17,19,23-25H,14-16,18,20-21H2,1-8H3/t23-,25-/m0/s1. The summed E-state index contributed by atoms with van der Waals surface area (Å²) in [4.78, 5) is 41.8. The Morgan fingerprint density at radius 3 is 2.29 bits per heavy atom. The van der Waals surface area contributed by atoms with E-state index in [1.54, 1.807) is 54.5 Å². The highest BCUT2D eigenvalue weighted by Gasteiger charge is 2.45. The van der Waals surface area contributed by atoms with Gasteiger partial charge in [0.1, 0.15) is 24.4 Å². The summed E-state index contributed by atoms with van der Waals surface area (Å²) in [6, 6.07) is 9.11. The third-order valence-corrected chi connectivity index (χ3v) is 9.85. The normalized spacial score (nSPS) is 18.5. The molecule has 9 nitrogen and oxygen atoms in total. The molecule has 2 heterocycles. The molecule has 1 amide bonds. The fourth-order valence-electron chi connectivity index (χ4n) is 5.82. The zero-order valence-corrected chi connectivity index (χ0v) is 30.5. The molecule has 3 aromatic rings. The van der Waals surface area contributed by atoms with Crippen LogP contribution in [0.3, 0.4) is 0 Å². The van der Waals surface area contributed by atoms with E-state index in [-0.39, 0.29) is 56.4 Å². The van der Waals surface area contributed by atoms with Crippen LogP contribution in [0.25, 0.3) is 10.9 Å². The molecule has 2 atom stereocenters. The number of carbonyl (C=O) groups excluding carboxylic acids is 2. The first-order valence-corrected chi connectivity index (χ1v) is 17.6. The molecule has 0 spiro atoms. The quantitative estimate of drug-likeness (QED) is 0.159. The molecule has 1 aliphatic carbocycles. The minimum Gasteiger partial charge on any atom is -0.486 e. The first kappa shape index (κ1) is 36.5. The molecule has 1 saturated heterocycles. The Balaban J connectivity index is 1.47. The van der Waals surface area contributed by atoms with Crippen LogP contribution in [0.2, 0.25) is 5.04 Å². The molecule has 2 aromatic carbocycles. The van der Waals surface area contributed by atoms with Gasteiger partial charge in [0, 0.05) is 24.7 Å². The summed E-state index contributed by atoms with van der Waals surface area (Å²) in [5.41, 5.74) is -1.63. The summed E-state index contributed by atoms with van der Waals surface area (Å²) < 4.78 is 56.1. The molecule has 0 N–H and O–H groups in total. The van der Waals surface area contributed by atoms with Crippen molar-refractivity contribution in [1.82, 2.24) is 9.47 Å². The van der Waals surface area contributed by atoms with Gasteiger partial charge < -0.3 is 28.1 Å². The van der Waals surface area contributed by atoms with E-state index < -0.39 is 52.1 Å². The van der Waals surface area contributed by atoms with Crippen molar-refractivity contribution in [3.05, 3.63) is 75.6 Å². The molecule has 0 unspecified atom stereocenters. The van der Waals surface area contributed by atoms with Crippen molar-refractivity contribution >= 4 is 32.7 Å². The van der Waals surface area contributed by atoms with Gasteiger partial charge in [-0.2, -0.15) is 4.39 Å². The second-order valence-electron chi connectivity index (χ2n) is 15.6. The first-order chi connectivity index (χ1) is 22.8. The predicted molar refractivity (Wildman–Crippen MR) is 183 cm³/mol. The summed E-state index contributed by atoms with van der Waals surface area (Å²) in [5, 5.41) is -0.240. The van der Waals surface area contributed by atoms with Crippen LogP contribution >= 0.6 is 0 Å². The van der Waals surface area contributed by atoms with Crippen LogP contribution in [-0.2, 0) is 20.5 Å². The van der Waals surface area contributed by atoms with Crippen LogP contribution in [-0.4, -0.2) is 61.7 Å².